The lowest BCUT2D eigenvalue weighted by Crippen LogP contribution is -2.20. The number of benzene rings is 3. The molecule has 2 amide bonds. The molecule has 0 fully saturated rings. The van der Waals surface area contributed by atoms with Gasteiger partial charge in [-0.2, -0.15) is 0 Å². The lowest BCUT2D eigenvalue weighted by molar-refractivity contribution is -0.115. The Balaban J connectivity index is 1.41. The zero-order valence-corrected chi connectivity index (χ0v) is 26.1. The van der Waals surface area contributed by atoms with Gasteiger partial charge in [0, 0.05) is 21.0 Å². The molecular formula is C35H36N2O4S2. The molecule has 1 aliphatic carbocycles. The number of carbonyl (C=O) groups excluding carboxylic acids is 3. The Kier molecular flexibility index (Phi) is 10.3. The first-order chi connectivity index (χ1) is 20.9. The average Bonchev–Trinajstić information content (AvgIpc) is 3.32. The van der Waals surface area contributed by atoms with E-state index in [1.54, 1.807) is 13.0 Å². The van der Waals surface area contributed by atoms with E-state index in [-0.39, 0.29) is 24.4 Å². The summed E-state index contributed by atoms with van der Waals surface area (Å²) in [6.45, 7) is 4.02. The molecule has 2 N–H and O–H groups in total. The van der Waals surface area contributed by atoms with Crippen LogP contribution in [0.3, 0.4) is 0 Å². The topological polar surface area (TPSA) is 84.5 Å². The van der Waals surface area contributed by atoms with Gasteiger partial charge in [0.1, 0.15) is 10.3 Å². The molecule has 222 valence electrons. The van der Waals surface area contributed by atoms with Crippen molar-refractivity contribution in [3.05, 3.63) is 112 Å². The van der Waals surface area contributed by atoms with E-state index in [9.17, 15) is 14.4 Å². The lowest BCUT2D eigenvalue weighted by Gasteiger charge is -2.18. The van der Waals surface area contributed by atoms with Crippen LogP contribution in [0.15, 0.2) is 83.8 Å². The van der Waals surface area contributed by atoms with Crippen molar-refractivity contribution in [2.45, 2.75) is 62.5 Å². The standard InChI is InChI=1S/C35H36N2O4S2/c1-3-41-35(40)30-28-19-9-4-5-10-20-29(28)43-34(30)37-33(39)31(24-14-7-6-8-15-24)42-27-18-12-17-26(22-27)36-32(38)25-16-11-13-23(2)21-25/h6-8,11-18,21-22,31H,3-5,9-10,19-20H2,1-2H3,(H,36,38)(H,37,39). The molecule has 6 nitrogen and oxygen atoms in total. The van der Waals surface area contributed by atoms with Crippen LogP contribution in [0.5, 0.6) is 0 Å². The molecule has 0 bridgehead atoms. The molecule has 43 heavy (non-hydrogen) atoms. The summed E-state index contributed by atoms with van der Waals surface area (Å²) >= 11 is 2.90. The minimum Gasteiger partial charge on any atom is -0.462 e. The maximum absolute atomic E-state index is 14.0. The number of hydrogen-bond acceptors (Lipinski definition) is 6. The van der Waals surface area contributed by atoms with Crippen LogP contribution in [-0.4, -0.2) is 24.4 Å². The third kappa shape index (κ3) is 7.75. The van der Waals surface area contributed by atoms with Crippen molar-refractivity contribution >= 4 is 51.6 Å². The molecule has 4 aromatic rings. The number of fused-ring (bicyclic) bond motifs is 1. The van der Waals surface area contributed by atoms with Crippen molar-refractivity contribution < 1.29 is 19.1 Å². The van der Waals surface area contributed by atoms with Crippen LogP contribution in [0, 0.1) is 6.92 Å². The van der Waals surface area contributed by atoms with Gasteiger partial charge in [-0.1, -0.05) is 66.9 Å². The number of thiophene rings is 1. The van der Waals surface area contributed by atoms with E-state index in [0.29, 0.717) is 21.8 Å². The number of thioether (sulfide) groups is 1. The fourth-order valence-corrected chi connectivity index (χ4v) is 7.64. The second kappa shape index (κ2) is 14.5. The highest BCUT2D eigenvalue weighted by atomic mass is 32.2. The van der Waals surface area contributed by atoms with Crippen molar-refractivity contribution in [3.8, 4) is 0 Å². The molecule has 1 heterocycles. The molecule has 0 radical (unpaired) electrons. The molecule has 0 saturated carbocycles. The number of rotatable bonds is 9. The second-order valence-corrected chi connectivity index (χ2v) is 12.9. The van der Waals surface area contributed by atoms with E-state index in [1.807, 2.05) is 79.7 Å². The normalized spacial score (nSPS) is 13.6. The van der Waals surface area contributed by atoms with Gasteiger partial charge in [0.25, 0.3) is 5.91 Å². The summed E-state index contributed by atoms with van der Waals surface area (Å²) in [7, 11) is 0. The van der Waals surface area contributed by atoms with Gasteiger partial charge in [-0.25, -0.2) is 4.79 Å². The van der Waals surface area contributed by atoms with E-state index in [1.165, 1.54) is 34.4 Å². The van der Waals surface area contributed by atoms with Crippen molar-refractivity contribution in [1.82, 2.24) is 0 Å². The Hall–Kier alpha value is -3.88. The third-order valence-corrected chi connectivity index (χ3v) is 9.81. The highest BCUT2D eigenvalue weighted by molar-refractivity contribution is 8.00. The number of hydrogen-bond donors (Lipinski definition) is 2. The molecule has 0 aliphatic heterocycles. The number of aryl methyl sites for hydroxylation is 2. The van der Waals surface area contributed by atoms with E-state index in [4.69, 9.17) is 4.74 Å². The molecule has 1 atom stereocenters. The van der Waals surface area contributed by atoms with Crippen LogP contribution in [0.25, 0.3) is 0 Å². The van der Waals surface area contributed by atoms with Gasteiger partial charge >= 0.3 is 5.97 Å². The lowest BCUT2D eigenvalue weighted by atomic mass is 9.96. The van der Waals surface area contributed by atoms with E-state index in [2.05, 4.69) is 10.6 Å². The van der Waals surface area contributed by atoms with Crippen LogP contribution in [0.1, 0.15) is 80.1 Å². The summed E-state index contributed by atoms with van der Waals surface area (Å²) in [4.78, 5) is 42.0. The van der Waals surface area contributed by atoms with Gasteiger partial charge in [0.05, 0.1) is 12.2 Å². The molecule has 0 saturated heterocycles. The Morgan fingerprint density at radius 2 is 1.65 bits per heavy atom. The average molecular weight is 613 g/mol. The van der Waals surface area contributed by atoms with Crippen LogP contribution < -0.4 is 10.6 Å². The maximum Gasteiger partial charge on any atom is 0.341 e. The van der Waals surface area contributed by atoms with Gasteiger partial charge in [-0.15, -0.1) is 23.1 Å². The fraction of sp³-hybridized carbons (Fsp3) is 0.286. The summed E-state index contributed by atoms with van der Waals surface area (Å²) in [5, 5.41) is 6.08. The highest BCUT2D eigenvalue weighted by Crippen LogP contribution is 2.41. The van der Waals surface area contributed by atoms with E-state index < -0.39 is 5.25 Å². The van der Waals surface area contributed by atoms with Gasteiger partial charge in [0.2, 0.25) is 5.91 Å². The van der Waals surface area contributed by atoms with Gasteiger partial charge in [0.15, 0.2) is 0 Å². The highest BCUT2D eigenvalue weighted by Gasteiger charge is 2.29. The number of carbonyl (C=O) groups is 3. The molecule has 1 unspecified atom stereocenters. The molecule has 0 spiro atoms. The zero-order valence-electron chi connectivity index (χ0n) is 24.5. The first-order valence-corrected chi connectivity index (χ1v) is 16.4. The molecule has 3 aromatic carbocycles. The summed E-state index contributed by atoms with van der Waals surface area (Å²) in [6.07, 6.45) is 6.11. The van der Waals surface area contributed by atoms with Crippen LogP contribution in [0.4, 0.5) is 10.7 Å². The number of ether oxygens (including phenoxy) is 1. The molecule has 1 aliphatic rings. The number of anilines is 2. The number of esters is 1. The van der Waals surface area contributed by atoms with Gasteiger partial charge in [-0.3, -0.25) is 9.59 Å². The Morgan fingerprint density at radius 3 is 2.42 bits per heavy atom. The minimum atomic E-state index is -0.594. The molecular weight excluding hydrogens is 577 g/mol. The summed E-state index contributed by atoms with van der Waals surface area (Å²) < 4.78 is 5.45. The molecule has 8 heteroatoms. The van der Waals surface area contributed by atoms with Crippen molar-refractivity contribution in [2.75, 3.05) is 17.2 Å². The summed E-state index contributed by atoms with van der Waals surface area (Å²) in [5.41, 5.74) is 4.62. The van der Waals surface area contributed by atoms with E-state index in [0.717, 1.165) is 53.7 Å². The monoisotopic (exact) mass is 612 g/mol. The predicted octanol–water partition coefficient (Wildman–Crippen LogP) is 8.62. The largest absolute Gasteiger partial charge is 0.462 e. The SMILES string of the molecule is CCOC(=O)c1c(NC(=O)C(Sc2cccc(NC(=O)c3cccc(C)c3)c2)c2ccccc2)sc2c1CCCCCC2. The van der Waals surface area contributed by atoms with Gasteiger partial charge < -0.3 is 15.4 Å². The molecule has 5 rings (SSSR count). The Labute approximate surface area is 261 Å². The number of amides is 2. The quantitative estimate of drug-likeness (QED) is 0.146. The van der Waals surface area contributed by atoms with Crippen LogP contribution in [0.2, 0.25) is 0 Å². The minimum absolute atomic E-state index is 0.192. The maximum atomic E-state index is 14.0. The van der Waals surface area contributed by atoms with Gasteiger partial charge in [-0.05, 0) is 81.0 Å². The second-order valence-electron chi connectivity index (χ2n) is 10.6. The van der Waals surface area contributed by atoms with Crippen molar-refractivity contribution in [1.29, 1.82) is 0 Å². The van der Waals surface area contributed by atoms with Crippen molar-refractivity contribution in [2.24, 2.45) is 0 Å². The summed E-state index contributed by atoms with van der Waals surface area (Å²) in [6, 6.07) is 24.6. The van der Waals surface area contributed by atoms with Crippen LogP contribution >= 0.6 is 23.1 Å². The number of nitrogens with one attached hydrogen (secondary N) is 2. The first kappa shape index (κ1) is 30.6. The Bertz CT molecular complexity index is 1600. The zero-order chi connectivity index (χ0) is 30.2. The van der Waals surface area contributed by atoms with Crippen molar-refractivity contribution in [3.63, 3.8) is 0 Å². The van der Waals surface area contributed by atoms with Crippen LogP contribution in [-0.2, 0) is 22.4 Å². The predicted molar refractivity (Wildman–Crippen MR) is 175 cm³/mol. The summed E-state index contributed by atoms with van der Waals surface area (Å²) in [5.74, 6) is -0.787. The smallest absolute Gasteiger partial charge is 0.341 e. The fourth-order valence-electron chi connectivity index (χ4n) is 5.28. The molecule has 1 aromatic heterocycles. The third-order valence-electron chi connectivity index (χ3n) is 7.35. The first-order valence-electron chi connectivity index (χ1n) is 14.7. The van der Waals surface area contributed by atoms with E-state index >= 15 is 0 Å². The Morgan fingerprint density at radius 1 is 0.884 bits per heavy atom.